The number of nitrogens with zero attached hydrogens (tertiary/aromatic N) is 2. The van der Waals surface area contributed by atoms with Gasteiger partial charge in [-0.05, 0) is 55.7 Å². The average molecular weight is 423 g/mol. The van der Waals surface area contributed by atoms with Gasteiger partial charge >= 0.3 is 0 Å². The molecule has 6 nitrogen and oxygen atoms in total. The Bertz CT molecular complexity index is 1050. The average Bonchev–Trinajstić information content (AvgIpc) is 3.40. The van der Waals surface area contributed by atoms with Crippen molar-refractivity contribution >= 4 is 22.6 Å². The first-order valence-electron chi connectivity index (χ1n) is 10.7. The summed E-state index contributed by atoms with van der Waals surface area (Å²) in [7, 11) is 5.66. The van der Waals surface area contributed by atoms with Gasteiger partial charge in [0.2, 0.25) is 0 Å². The smallest absolute Gasteiger partial charge is 0.290 e. The number of fused-ring (bicyclic) bond motifs is 1. The zero-order valence-electron chi connectivity index (χ0n) is 18.7. The van der Waals surface area contributed by atoms with Gasteiger partial charge in [0.1, 0.15) is 11.3 Å². The van der Waals surface area contributed by atoms with E-state index in [1.165, 1.54) is 0 Å². The van der Waals surface area contributed by atoms with E-state index < -0.39 is 0 Å². The van der Waals surface area contributed by atoms with Gasteiger partial charge in [-0.15, -0.1) is 0 Å². The molecule has 1 aliphatic rings. The van der Waals surface area contributed by atoms with Crippen molar-refractivity contribution < 1.29 is 18.7 Å². The summed E-state index contributed by atoms with van der Waals surface area (Å²) in [4.78, 5) is 17.5. The first-order chi connectivity index (χ1) is 15.0. The fourth-order valence-electron chi connectivity index (χ4n) is 4.05. The highest BCUT2D eigenvalue weighted by Crippen LogP contribution is 2.30. The maximum absolute atomic E-state index is 13.6. The molecule has 0 aliphatic carbocycles. The van der Waals surface area contributed by atoms with Gasteiger partial charge in [0.25, 0.3) is 5.91 Å². The van der Waals surface area contributed by atoms with E-state index in [1.54, 1.807) is 7.11 Å². The lowest BCUT2D eigenvalue weighted by atomic mass is 10.1. The van der Waals surface area contributed by atoms with E-state index in [-0.39, 0.29) is 12.0 Å². The lowest BCUT2D eigenvalue weighted by Crippen LogP contribution is -2.37. The third-order valence-corrected chi connectivity index (χ3v) is 5.90. The van der Waals surface area contributed by atoms with Crippen molar-refractivity contribution in [2.45, 2.75) is 32.4 Å². The van der Waals surface area contributed by atoms with E-state index in [1.807, 2.05) is 44.1 Å². The number of anilines is 1. The van der Waals surface area contributed by atoms with Crippen molar-refractivity contribution in [2.75, 3.05) is 39.3 Å². The molecule has 0 N–H and O–H groups in total. The Morgan fingerprint density at radius 1 is 1.16 bits per heavy atom. The number of benzene rings is 2. The molecule has 1 amide bonds. The number of hydrogen-bond donors (Lipinski definition) is 0. The minimum absolute atomic E-state index is 0.0646. The standard InChI is InChI=1S/C25H30N2O4/c1-17-22-14-20(29-4)11-12-23(22)31-24(17)25(28)27(16-21-6-5-13-30-21)15-18-7-9-19(10-8-18)26(2)3/h7-12,14,21H,5-6,13,15-16H2,1-4H3. The van der Waals surface area contributed by atoms with Gasteiger partial charge in [-0.25, -0.2) is 0 Å². The molecule has 2 aromatic carbocycles. The minimum Gasteiger partial charge on any atom is -0.497 e. The Morgan fingerprint density at radius 2 is 1.94 bits per heavy atom. The van der Waals surface area contributed by atoms with Crippen LogP contribution in [0.3, 0.4) is 0 Å². The van der Waals surface area contributed by atoms with Crippen LogP contribution in [0, 0.1) is 6.92 Å². The monoisotopic (exact) mass is 422 g/mol. The number of carbonyl (C=O) groups excluding carboxylic acids is 1. The molecule has 1 unspecified atom stereocenters. The van der Waals surface area contributed by atoms with Gasteiger partial charge < -0.3 is 23.7 Å². The summed E-state index contributed by atoms with van der Waals surface area (Å²) < 4.78 is 17.2. The fourth-order valence-corrected chi connectivity index (χ4v) is 4.05. The first kappa shape index (κ1) is 21.2. The van der Waals surface area contributed by atoms with E-state index in [9.17, 15) is 4.79 Å². The normalized spacial score (nSPS) is 15.9. The van der Waals surface area contributed by atoms with Crippen molar-refractivity contribution in [1.82, 2.24) is 4.90 Å². The second kappa shape index (κ2) is 9.02. The Morgan fingerprint density at radius 3 is 2.58 bits per heavy atom. The van der Waals surface area contributed by atoms with E-state index in [0.29, 0.717) is 24.4 Å². The summed E-state index contributed by atoms with van der Waals surface area (Å²) in [5.74, 6) is 1.01. The number of amides is 1. The van der Waals surface area contributed by atoms with Gasteiger partial charge in [-0.2, -0.15) is 0 Å². The molecule has 0 bridgehead atoms. The quantitative estimate of drug-likeness (QED) is 0.555. The predicted molar refractivity (Wildman–Crippen MR) is 122 cm³/mol. The number of carbonyl (C=O) groups is 1. The summed E-state index contributed by atoms with van der Waals surface area (Å²) in [5.41, 5.74) is 3.73. The van der Waals surface area contributed by atoms with Crippen LogP contribution >= 0.6 is 0 Å². The van der Waals surface area contributed by atoms with Gasteiger partial charge in [0.15, 0.2) is 5.76 Å². The molecule has 4 rings (SSSR count). The Kier molecular flexibility index (Phi) is 6.18. The van der Waals surface area contributed by atoms with Crippen LogP contribution in [0.25, 0.3) is 11.0 Å². The van der Waals surface area contributed by atoms with Crippen molar-refractivity contribution in [3.8, 4) is 5.75 Å². The van der Waals surface area contributed by atoms with Crippen LogP contribution in [0.15, 0.2) is 46.9 Å². The third kappa shape index (κ3) is 4.54. The molecule has 6 heteroatoms. The number of aryl methyl sites for hydroxylation is 1. The molecule has 0 saturated carbocycles. The maximum Gasteiger partial charge on any atom is 0.290 e. The zero-order valence-corrected chi connectivity index (χ0v) is 18.7. The summed E-state index contributed by atoms with van der Waals surface area (Å²) in [6.07, 6.45) is 2.07. The summed E-state index contributed by atoms with van der Waals surface area (Å²) in [6.45, 7) is 3.74. The van der Waals surface area contributed by atoms with Crippen molar-refractivity contribution in [1.29, 1.82) is 0 Å². The van der Waals surface area contributed by atoms with Gasteiger partial charge in [-0.3, -0.25) is 4.79 Å². The van der Waals surface area contributed by atoms with Gasteiger partial charge in [0, 0.05) is 50.4 Å². The SMILES string of the molecule is COc1ccc2oc(C(=O)N(Cc3ccc(N(C)C)cc3)CC3CCCO3)c(C)c2c1. The van der Waals surface area contributed by atoms with Gasteiger partial charge in [-0.1, -0.05) is 12.1 Å². The lowest BCUT2D eigenvalue weighted by Gasteiger charge is -2.25. The molecule has 1 atom stereocenters. The Balaban J connectivity index is 1.63. The highest BCUT2D eigenvalue weighted by Gasteiger charge is 2.27. The molecule has 2 heterocycles. The van der Waals surface area contributed by atoms with E-state index in [2.05, 4.69) is 29.2 Å². The largest absolute Gasteiger partial charge is 0.497 e. The van der Waals surface area contributed by atoms with Crippen molar-refractivity contribution in [2.24, 2.45) is 0 Å². The summed E-state index contributed by atoms with van der Waals surface area (Å²) in [6, 6.07) is 13.9. The van der Waals surface area contributed by atoms with E-state index in [0.717, 1.165) is 47.4 Å². The molecule has 31 heavy (non-hydrogen) atoms. The van der Waals surface area contributed by atoms with Crippen molar-refractivity contribution in [3.63, 3.8) is 0 Å². The predicted octanol–water partition coefficient (Wildman–Crippen LogP) is 4.64. The molecular weight excluding hydrogens is 392 g/mol. The highest BCUT2D eigenvalue weighted by atomic mass is 16.5. The Labute approximate surface area is 183 Å². The summed E-state index contributed by atoms with van der Waals surface area (Å²) >= 11 is 0. The highest BCUT2D eigenvalue weighted by molar-refractivity contribution is 5.99. The van der Waals surface area contributed by atoms with Crippen LogP contribution in [0.2, 0.25) is 0 Å². The van der Waals surface area contributed by atoms with Gasteiger partial charge in [0.05, 0.1) is 13.2 Å². The molecule has 0 spiro atoms. The third-order valence-electron chi connectivity index (χ3n) is 5.90. The van der Waals surface area contributed by atoms with Crippen LogP contribution in [-0.4, -0.2) is 51.3 Å². The molecule has 0 radical (unpaired) electrons. The maximum atomic E-state index is 13.6. The second-order valence-electron chi connectivity index (χ2n) is 8.30. The topological polar surface area (TPSA) is 55.2 Å². The first-order valence-corrected chi connectivity index (χ1v) is 10.7. The van der Waals surface area contributed by atoms with Crippen molar-refractivity contribution in [3.05, 3.63) is 59.4 Å². The van der Waals surface area contributed by atoms with E-state index in [4.69, 9.17) is 13.9 Å². The number of methoxy groups -OCH3 is 1. The zero-order chi connectivity index (χ0) is 22.0. The lowest BCUT2D eigenvalue weighted by molar-refractivity contribution is 0.0485. The number of furan rings is 1. The number of ether oxygens (including phenoxy) is 2. The van der Waals surface area contributed by atoms with Crippen LogP contribution in [0.4, 0.5) is 5.69 Å². The molecular formula is C25H30N2O4. The molecule has 3 aromatic rings. The second-order valence-corrected chi connectivity index (χ2v) is 8.30. The minimum atomic E-state index is -0.111. The van der Waals surface area contributed by atoms with E-state index >= 15 is 0 Å². The molecule has 1 fully saturated rings. The molecule has 164 valence electrons. The fraction of sp³-hybridized carbons (Fsp3) is 0.400. The molecule has 1 aliphatic heterocycles. The number of hydrogen-bond acceptors (Lipinski definition) is 5. The Hall–Kier alpha value is -2.99. The van der Waals surface area contributed by atoms with Crippen LogP contribution < -0.4 is 9.64 Å². The van der Waals surface area contributed by atoms with Crippen LogP contribution in [0.1, 0.15) is 34.5 Å². The summed E-state index contributed by atoms with van der Waals surface area (Å²) in [5, 5.41) is 0.898. The molecule has 1 saturated heterocycles. The molecule has 1 aromatic heterocycles. The van der Waals surface area contributed by atoms with Crippen LogP contribution in [-0.2, 0) is 11.3 Å². The van der Waals surface area contributed by atoms with Crippen LogP contribution in [0.5, 0.6) is 5.75 Å². The number of rotatable bonds is 7.